The van der Waals surface area contributed by atoms with Crippen LogP contribution in [-0.4, -0.2) is 4.57 Å². The zero-order chi connectivity index (χ0) is 17.5. The third-order valence-electron chi connectivity index (χ3n) is 5.06. The van der Waals surface area contributed by atoms with Crippen molar-refractivity contribution in [1.82, 2.24) is 4.57 Å². The average Bonchev–Trinajstić information content (AvgIpc) is 2.96. The molecule has 1 aromatic rings. The Bertz CT molecular complexity index is 395. The van der Waals surface area contributed by atoms with Crippen LogP contribution in [0, 0.1) is 0 Å². The Balaban J connectivity index is 2.27. The molecule has 1 rings (SSSR count). The van der Waals surface area contributed by atoms with Crippen molar-refractivity contribution >= 4 is 0 Å². The van der Waals surface area contributed by atoms with Crippen molar-refractivity contribution in [2.24, 2.45) is 0 Å². The molecule has 0 bridgehead atoms. The number of hydrogen-bond donors (Lipinski definition) is 0. The third kappa shape index (κ3) is 8.89. The molecule has 2 heteroatoms. The summed E-state index contributed by atoms with van der Waals surface area (Å²) in [6.07, 6.45) is 23.8. The molecule has 0 aliphatic heterocycles. The maximum absolute atomic E-state index is 2.52. The van der Waals surface area contributed by atoms with Crippen LogP contribution in [0.5, 0.6) is 0 Å². The predicted molar refractivity (Wildman–Crippen MR) is 105 cm³/mol. The Hall–Kier alpha value is -0.790. The molecule has 0 aromatic carbocycles. The summed E-state index contributed by atoms with van der Waals surface area (Å²) in [6, 6.07) is 0. The molecule has 0 aliphatic carbocycles. The normalized spacial score (nSPS) is 11.3. The first-order valence-corrected chi connectivity index (χ1v) is 10.9. The molecule has 0 unspecified atom stereocenters. The molecule has 0 amide bonds. The molecule has 0 saturated heterocycles. The Morgan fingerprint density at radius 2 is 1.29 bits per heavy atom. The lowest BCUT2D eigenvalue weighted by atomic mass is 10.1. The number of unbranched alkanes of at least 4 members (excludes halogenated alkanes) is 10. The number of aromatic nitrogens is 2. The highest BCUT2D eigenvalue weighted by atomic mass is 15.1. The van der Waals surface area contributed by atoms with E-state index in [2.05, 4.69) is 42.3 Å². The molecule has 24 heavy (non-hydrogen) atoms. The van der Waals surface area contributed by atoms with Crippen LogP contribution < -0.4 is 4.57 Å². The minimum absolute atomic E-state index is 1.17. The van der Waals surface area contributed by atoms with Gasteiger partial charge < -0.3 is 0 Å². The van der Waals surface area contributed by atoms with Crippen LogP contribution in [-0.2, 0) is 19.5 Å². The van der Waals surface area contributed by atoms with E-state index in [0.29, 0.717) is 0 Å². The fraction of sp³-hybridized carbons (Fsp3) is 0.864. The van der Waals surface area contributed by atoms with E-state index in [1.807, 2.05) is 0 Å². The van der Waals surface area contributed by atoms with Crippen LogP contribution in [0.3, 0.4) is 0 Å². The quantitative estimate of drug-likeness (QED) is 0.242. The van der Waals surface area contributed by atoms with Crippen molar-refractivity contribution in [3.8, 4) is 0 Å². The third-order valence-corrected chi connectivity index (χ3v) is 5.06. The first-order chi connectivity index (χ1) is 11.8. The van der Waals surface area contributed by atoms with E-state index >= 15 is 0 Å². The SMILES string of the molecule is CCCCCCCCCCCc1n(CCC)cc[n+]1CCCCC. The van der Waals surface area contributed by atoms with E-state index in [1.165, 1.54) is 103 Å². The fourth-order valence-corrected chi connectivity index (χ4v) is 3.56. The van der Waals surface area contributed by atoms with Crippen LogP contribution in [0.4, 0.5) is 0 Å². The van der Waals surface area contributed by atoms with Crippen molar-refractivity contribution in [3.63, 3.8) is 0 Å². The molecule has 0 fully saturated rings. The van der Waals surface area contributed by atoms with Gasteiger partial charge in [0, 0.05) is 6.42 Å². The van der Waals surface area contributed by atoms with E-state index in [-0.39, 0.29) is 0 Å². The number of imidazole rings is 1. The Morgan fingerprint density at radius 1 is 0.708 bits per heavy atom. The number of hydrogen-bond acceptors (Lipinski definition) is 0. The van der Waals surface area contributed by atoms with Gasteiger partial charge in [0.05, 0.1) is 13.1 Å². The standard InChI is InChI=1S/C22H43N2/c1-4-7-9-10-11-12-13-14-15-17-22-23(18-6-3)20-21-24(22)19-16-8-5-2/h20-21H,4-19H2,1-3H3/q+1. The number of nitrogens with zero attached hydrogens (tertiary/aromatic N) is 2. The summed E-state index contributed by atoms with van der Waals surface area (Å²) in [5, 5.41) is 0. The van der Waals surface area contributed by atoms with Crippen molar-refractivity contribution in [2.75, 3.05) is 0 Å². The van der Waals surface area contributed by atoms with E-state index in [9.17, 15) is 0 Å². The zero-order valence-electron chi connectivity index (χ0n) is 16.9. The first-order valence-electron chi connectivity index (χ1n) is 10.9. The molecular weight excluding hydrogens is 292 g/mol. The van der Waals surface area contributed by atoms with Gasteiger partial charge in [0.15, 0.2) is 0 Å². The van der Waals surface area contributed by atoms with E-state index < -0.39 is 0 Å². The molecule has 1 aromatic heterocycles. The highest BCUT2D eigenvalue weighted by Crippen LogP contribution is 2.11. The van der Waals surface area contributed by atoms with Gasteiger partial charge in [0.1, 0.15) is 12.4 Å². The monoisotopic (exact) mass is 335 g/mol. The van der Waals surface area contributed by atoms with Gasteiger partial charge in [-0.3, -0.25) is 0 Å². The highest BCUT2D eigenvalue weighted by Gasteiger charge is 2.15. The average molecular weight is 336 g/mol. The summed E-state index contributed by atoms with van der Waals surface area (Å²) in [7, 11) is 0. The van der Waals surface area contributed by atoms with Gasteiger partial charge in [-0.05, 0) is 25.7 Å². The summed E-state index contributed by atoms with van der Waals surface area (Å²) in [5.74, 6) is 1.57. The van der Waals surface area contributed by atoms with Gasteiger partial charge in [-0.1, -0.05) is 78.6 Å². The van der Waals surface area contributed by atoms with Gasteiger partial charge >= 0.3 is 0 Å². The van der Waals surface area contributed by atoms with Crippen LogP contribution in [0.15, 0.2) is 12.4 Å². The van der Waals surface area contributed by atoms with E-state index in [4.69, 9.17) is 0 Å². The lowest BCUT2D eigenvalue weighted by Crippen LogP contribution is -2.37. The van der Waals surface area contributed by atoms with Crippen LogP contribution >= 0.6 is 0 Å². The Kier molecular flexibility index (Phi) is 12.9. The maximum atomic E-state index is 2.52. The molecular formula is C22H43N2+. The largest absolute Gasteiger partial charge is 0.256 e. The van der Waals surface area contributed by atoms with E-state index in [1.54, 1.807) is 5.82 Å². The minimum Gasteiger partial charge on any atom is -0.234 e. The van der Waals surface area contributed by atoms with Gasteiger partial charge in [-0.25, -0.2) is 9.13 Å². The van der Waals surface area contributed by atoms with Crippen LogP contribution in [0.2, 0.25) is 0 Å². The maximum Gasteiger partial charge on any atom is 0.256 e. The second-order valence-corrected chi connectivity index (χ2v) is 7.39. The predicted octanol–water partition coefficient (Wildman–Crippen LogP) is 6.45. The first kappa shape index (κ1) is 21.3. The molecule has 140 valence electrons. The molecule has 0 aliphatic rings. The number of rotatable bonds is 16. The summed E-state index contributed by atoms with van der Waals surface area (Å²) in [4.78, 5) is 0. The molecule has 1 heterocycles. The molecule has 0 atom stereocenters. The molecule has 2 nitrogen and oxygen atoms in total. The molecule has 0 saturated carbocycles. The summed E-state index contributed by atoms with van der Waals surface area (Å²) in [5.41, 5.74) is 0. The smallest absolute Gasteiger partial charge is 0.234 e. The van der Waals surface area contributed by atoms with Gasteiger partial charge in [-0.15, -0.1) is 0 Å². The highest BCUT2D eigenvalue weighted by molar-refractivity contribution is 4.84. The van der Waals surface area contributed by atoms with Crippen LogP contribution in [0.25, 0.3) is 0 Å². The van der Waals surface area contributed by atoms with Crippen molar-refractivity contribution in [3.05, 3.63) is 18.2 Å². The second kappa shape index (κ2) is 14.5. The Morgan fingerprint density at radius 3 is 1.92 bits per heavy atom. The molecule has 0 radical (unpaired) electrons. The topological polar surface area (TPSA) is 8.81 Å². The van der Waals surface area contributed by atoms with E-state index in [0.717, 1.165) is 0 Å². The van der Waals surface area contributed by atoms with Crippen molar-refractivity contribution in [1.29, 1.82) is 0 Å². The van der Waals surface area contributed by atoms with Gasteiger partial charge in [0.25, 0.3) is 5.82 Å². The zero-order valence-corrected chi connectivity index (χ0v) is 16.9. The van der Waals surface area contributed by atoms with Crippen LogP contribution in [0.1, 0.15) is 110 Å². The lowest BCUT2D eigenvalue weighted by Gasteiger charge is -2.05. The fourth-order valence-electron chi connectivity index (χ4n) is 3.56. The minimum atomic E-state index is 1.17. The summed E-state index contributed by atoms with van der Waals surface area (Å²) in [6.45, 7) is 9.24. The van der Waals surface area contributed by atoms with Gasteiger partial charge in [0.2, 0.25) is 0 Å². The van der Waals surface area contributed by atoms with Crippen molar-refractivity contribution in [2.45, 2.75) is 124 Å². The summed E-state index contributed by atoms with van der Waals surface area (Å²) >= 11 is 0. The molecule has 0 spiro atoms. The molecule has 0 N–H and O–H groups in total. The second-order valence-electron chi connectivity index (χ2n) is 7.39. The lowest BCUT2D eigenvalue weighted by molar-refractivity contribution is -0.704. The Labute approximate surface area is 151 Å². The van der Waals surface area contributed by atoms with Gasteiger partial charge in [-0.2, -0.15) is 0 Å². The number of aryl methyl sites for hydroxylation is 2. The summed E-state index contributed by atoms with van der Waals surface area (Å²) < 4.78 is 5.02. The van der Waals surface area contributed by atoms with Crippen molar-refractivity contribution < 1.29 is 4.57 Å².